The largest absolute Gasteiger partial charge is 0.338 e. The summed E-state index contributed by atoms with van der Waals surface area (Å²) in [5.74, 6) is -0.143. The van der Waals surface area contributed by atoms with Crippen molar-refractivity contribution in [1.29, 1.82) is 0 Å². The third-order valence-corrected chi connectivity index (χ3v) is 3.24. The fourth-order valence-corrected chi connectivity index (χ4v) is 2.17. The number of likely N-dealkylation sites (N-methyl/N-ethyl adjacent to an activating group) is 1. The van der Waals surface area contributed by atoms with E-state index in [2.05, 4.69) is 10.1 Å². The van der Waals surface area contributed by atoms with Crippen LogP contribution in [0.2, 0.25) is 0 Å². The maximum Gasteiger partial charge on any atom is 0.244 e. The van der Waals surface area contributed by atoms with E-state index in [0.29, 0.717) is 12.1 Å². The van der Waals surface area contributed by atoms with Gasteiger partial charge in [-0.05, 0) is 0 Å². The molecule has 1 atom stereocenters. The van der Waals surface area contributed by atoms with Crippen molar-refractivity contribution in [3.8, 4) is 0 Å². The van der Waals surface area contributed by atoms with Gasteiger partial charge in [0.05, 0.1) is 23.9 Å². The second kappa shape index (κ2) is 5.28. The lowest BCUT2D eigenvalue weighted by molar-refractivity contribution is -0.132. The van der Waals surface area contributed by atoms with Crippen molar-refractivity contribution in [1.82, 2.24) is 19.7 Å². The van der Waals surface area contributed by atoms with Crippen LogP contribution in [0.5, 0.6) is 0 Å². The van der Waals surface area contributed by atoms with Gasteiger partial charge in [-0.3, -0.25) is 9.48 Å². The van der Waals surface area contributed by atoms with E-state index in [9.17, 15) is 4.79 Å². The van der Waals surface area contributed by atoms with Crippen molar-refractivity contribution in [3.05, 3.63) is 34.5 Å². The molecule has 96 valence electrons. The Hall–Kier alpha value is -1.73. The molecule has 0 aliphatic carbocycles. The van der Waals surface area contributed by atoms with Crippen LogP contribution < -0.4 is 5.73 Å². The Bertz CT molecular complexity index is 521. The molecule has 2 aromatic rings. The molecule has 2 rings (SSSR count). The zero-order valence-electron chi connectivity index (χ0n) is 10.3. The van der Waals surface area contributed by atoms with E-state index in [4.69, 9.17) is 5.73 Å². The molecule has 0 bridgehead atoms. The number of carbonyl (C=O) groups is 1. The Morgan fingerprint density at radius 3 is 3.00 bits per heavy atom. The van der Waals surface area contributed by atoms with Gasteiger partial charge >= 0.3 is 0 Å². The molecule has 6 nitrogen and oxygen atoms in total. The first-order chi connectivity index (χ1) is 8.58. The quantitative estimate of drug-likeness (QED) is 0.875. The normalized spacial score (nSPS) is 12.4. The van der Waals surface area contributed by atoms with Gasteiger partial charge in [-0.1, -0.05) is 0 Å². The van der Waals surface area contributed by atoms with Crippen molar-refractivity contribution < 1.29 is 4.79 Å². The van der Waals surface area contributed by atoms with Gasteiger partial charge in [0.25, 0.3) is 0 Å². The number of aryl methyl sites for hydroxylation is 1. The lowest BCUT2D eigenvalue weighted by Gasteiger charge is -2.19. The van der Waals surface area contributed by atoms with Crippen LogP contribution in [0.3, 0.4) is 0 Å². The Labute approximate surface area is 109 Å². The van der Waals surface area contributed by atoms with Crippen LogP contribution in [0.1, 0.15) is 17.3 Å². The standard InChI is InChI=1S/C11H15N5OS/c1-15(5-9-6-18-7-13-9)11(17)10(12)8-3-14-16(2)4-8/h3-4,6-7,10H,5,12H2,1-2H3. The highest BCUT2D eigenvalue weighted by Gasteiger charge is 2.21. The van der Waals surface area contributed by atoms with E-state index in [1.54, 1.807) is 41.6 Å². The molecule has 7 heteroatoms. The summed E-state index contributed by atoms with van der Waals surface area (Å²) in [6.07, 6.45) is 3.36. The number of thiazole rings is 1. The number of rotatable bonds is 4. The smallest absolute Gasteiger partial charge is 0.244 e. The minimum Gasteiger partial charge on any atom is -0.338 e. The molecular formula is C11H15N5OS. The van der Waals surface area contributed by atoms with Crippen molar-refractivity contribution >= 4 is 17.2 Å². The van der Waals surface area contributed by atoms with E-state index in [1.807, 2.05) is 5.38 Å². The zero-order valence-corrected chi connectivity index (χ0v) is 11.1. The molecule has 1 amide bonds. The summed E-state index contributed by atoms with van der Waals surface area (Å²) < 4.78 is 1.63. The molecule has 0 saturated carbocycles. The molecule has 2 N–H and O–H groups in total. The van der Waals surface area contributed by atoms with E-state index < -0.39 is 6.04 Å². The Kier molecular flexibility index (Phi) is 3.73. The number of nitrogens with two attached hydrogens (primary N) is 1. The highest BCUT2D eigenvalue weighted by Crippen LogP contribution is 2.13. The number of amides is 1. The third kappa shape index (κ3) is 2.74. The first-order valence-corrected chi connectivity index (χ1v) is 6.38. The number of hydrogen-bond donors (Lipinski definition) is 1. The van der Waals surface area contributed by atoms with Crippen LogP contribution >= 0.6 is 11.3 Å². The predicted octanol–water partition coefficient (Wildman–Crippen LogP) is 0.535. The van der Waals surface area contributed by atoms with Crippen molar-refractivity contribution in [2.45, 2.75) is 12.6 Å². The van der Waals surface area contributed by atoms with Crippen molar-refractivity contribution in [3.63, 3.8) is 0 Å². The highest BCUT2D eigenvalue weighted by molar-refractivity contribution is 7.07. The van der Waals surface area contributed by atoms with Gasteiger partial charge in [-0.15, -0.1) is 11.3 Å². The lowest BCUT2D eigenvalue weighted by Crippen LogP contribution is -2.35. The van der Waals surface area contributed by atoms with Crippen LogP contribution in [0.4, 0.5) is 0 Å². The van der Waals surface area contributed by atoms with Crippen molar-refractivity contribution in [2.75, 3.05) is 7.05 Å². The van der Waals surface area contributed by atoms with Gasteiger partial charge in [0, 0.05) is 31.2 Å². The summed E-state index contributed by atoms with van der Waals surface area (Å²) in [6, 6.07) is -0.678. The molecule has 2 heterocycles. The number of carbonyl (C=O) groups excluding carboxylic acids is 1. The first-order valence-electron chi connectivity index (χ1n) is 5.44. The molecule has 0 radical (unpaired) electrons. The fraction of sp³-hybridized carbons (Fsp3) is 0.364. The fourth-order valence-electron chi connectivity index (χ4n) is 1.62. The molecule has 0 aromatic carbocycles. The Balaban J connectivity index is 2.02. The molecule has 0 spiro atoms. The van der Waals surface area contributed by atoms with E-state index in [0.717, 1.165) is 5.69 Å². The zero-order chi connectivity index (χ0) is 13.1. The van der Waals surface area contributed by atoms with Crippen LogP contribution in [0.25, 0.3) is 0 Å². The Morgan fingerprint density at radius 1 is 1.67 bits per heavy atom. The molecule has 1 unspecified atom stereocenters. The second-order valence-corrected chi connectivity index (χ2v) is 4.82. The van der Waals surface area contributed by atoms with Crippen LogP contribution in [-0.4, -0.2) is 32.6 Å². The molecule has 0 aliphatic heterocycles. The second-order valence-electron chi connectivity index (χ2n) is 4.10. The van der Waals surface area contributed by atoms with E-state index in [-0.39, 0.29) is 5.91 Å². The van der Waals surface area contributed by atoms with Crippen molar-refractivity contribution in [2.24, 2.45) is 12.8 Å². The summed E-state index contributed by atoms with van der Waals surface area (Å²) in [6.45, 7) is 0.469. The monoisotopic (exact) mass is 265 g/mol. The van der Waals surface area contributed by atoms with Gasteiger partial charge in [0.1, 0.15) is 6.04 Å². The summed E-state index contributed by atoms with van der Waals surface area (Å²) in [7, 11) is 3.51. The van der Waals surface area contributed by atoms with Gasteiger partial charge in [0.15, 0.2) is 0 Å². The number of hydrogen-bond acceptors (Lipinski definition) is 5. The summed E-state index contributed by atoms with van der Waals surface area (Å²) in [5.41, 5.74) is 9.25. The molecule has 0 aliphatic rings. The number of aromatic nitrogens is 3. The minimum absolute atomic E-state index is 0.143. The summed E-state index contributed by atoms with van der Waals surface area (Å²) in [4.78, 5) is 17.8. The third-order valence-electron chi connectivity index (χ3n) is 2.61. The highest BCUT2D eigenvalue weighted by atomic mass is 32.1. The van der Waals surface area contributed by atoms with Gasteiger partial charge in [0.2, 0.25) is 5.91 Å². The lowest BCUT2D eigenvalue weighted by atomic mass is 10.1. The summed E-state index contributed by atoms with van der Waals surface area (Å²) in [5, 5.41) is 5.93. The molecule has 0 saturated heterocycles. The van der Waals surface area contributed by atoms with Gasteiger partial charge in [-0.25, -0.2) is 4.98 Å². The van der Waals surface area contributed by atoms with E-state index >= 15 is 0 Å². The molecule has 2 aromatic heterocycles. The maximum absolute atomic E-state index is 12.1. The minimum atomic E-state index is -0.678. The van der Waals surface area contributed by atoms with Crippen LogP contribution in [0.15, 0.2) is 23.3 Å². The molecule has 18 heavy (non-hydrogen) atoms. The number of nitrogens with zero attached hydrogens (tertiary/aromatic N) is 4. The van der Waals surface area contributed by atoms with Gasteiger partial charge in [-0.2, -0.15) is 5.10 Å². The topological polar surface area (TPSA) is 77.0 Å². The average Bonchev–Trinajstić information content (AvgIpc) is 2.98. The predicted molar refractivity (Wildman–Crippen MR) is 68.7 cm³/mol. The first kappa shape index (κ1) is 12.7. The van der Waals surface area contributed by atoms with Crippen LogP contribution in [-0.2, 0) is 18.4 Å². The van der Waals surface area contributed by atoms with Gasteiger partial charge < -0.3 is 10.6 Å². The maximum atomic E-state index is 12.1. The SMILES string of the molecule is CN(Cc1cscn1)C(=O)C(N)c1cnn(C)c1. The average molecular weight is 265 g/mol. The van der Waals surface area contributed by atoms with Crippen LogP contribution in [0, 0.1) is 0 Å². The molecule has 0 fully saturated rings. The van der Waals surface area contributed by atoms with E-state index in [1.165, 1.54) is 11.3 Å². The summed E-state index contributed by atoms with van der Waals surface area (Å²) >= 11 is 1.51. The Morgan fingerprint density at radius 2 is 2.44 bits per heavy atom. The molecular weight excluding hydrogens is 250 g/mol.